The van der Waals surface area contributed by atoms with Gasteiger partial charge in [0, 0.05) is 33.2 Å². The monoisotopic (exact) mass is 283 g/mol. The molecule has 19 heavy (non-hydrogen) atoms. The molecule has 0 N–H and O–H groups in total. The maximum Gasteiger partial charge on any atom is 0.211 e. The molecule has 0 bridgehead atoms. The summed E-state index contributed by atoms with van der Waals surface area (Å²) in [7, 11) is -1.34. The van der Waals surface area contributed by atoms with Gasteiger partial charge in [0.2, 0.25) is 10.0 Å². The minimum atomic E-state index is -3.13. The van der Waals surface area contributed by atoms with E-state index in [2.05, 4.69) is 11.2 Å². The molecule has 2 heterocycles. The van der Waals surface area contributed by atoms with E-state index in [1.165, 1.54) is 10.6 Å². The van der Waals surface area contributed by atoms with Crippen molar-refractivity contribution in [1.82, 2.24) is 14.1 Å². The van der Waals surface area contributed by atoms with Gasteiger partial charge < -0.3 is 4.90 Å². The number of piperazine rings is 1. The lowest BCUT2D eigenvalue weighted by molar-refractivity contribution is 0.385. The quantitative estimate of drug-likeness (QED) is 0.743. The van der Waals surface area contributed by atoms with Crippen LogP contribution in [0.3, 0.4) is 0 Å². The van der Waals surface area contributed by atoms with Crippen LogP contribution in [0, 0.1) is 18.3 Å². The number of rotatable bonds is 2. The summed E-state index contributed by atoms with van der Waals surface area (Å²) in [5.74, 6) is 0.771. The Labute approximate surface area is 113 Å². The van der Waals surface area contributed by atoms with Gasteiger partial charge in [-0.05, 0) is 6.92 Å². The zero-order valence-electron chi connectivity index (χ0n) is 11.3. The maximum absolute atomic E-state index is 11.5. The summed E-state index contributed by atoms with van der Waals surface area (Å²) in [6.45, 7) is 3.82. The van der Waals surface area contributed by atoms with E-state index >= 15 is 0 Å². The molecule has 0 atom stereocenters. The van der Waals surface area contributed by atoms with Crippen molar-refractivity contribution in [3.8, 4) is 6.07 Å². The van der Waals surface area contributed by atoms with Gasteiger partial charge in [-0.15, -0.1) is 0 Å². The van der Waals surface area contributed by atoms with Crippen LogP contribution in [-0.4, -0.2) is 54.9 Å². The Morgan fingerprint density at radius 3 is 2.32 bits per heavy atom. The fraction of sp³-hybridized carbons (Fsp3) is 0.636. The van der Waals surface area contributed by atoms with Gasteiger partial charge in [-0.2, -0.15) is 14.7 Å². The molecule has 1 aromatic rings. The summed E-state index contributed by atoms with van der Waals surface area (Å²) in [5, 5.41) is 13.4. The molecule has 0 amide bonds. The first-order valence-electron chi connectivity index (χ1n) is 5.98. The third-order valence-electron chi connectivity index (χ3n) is 3.31. The van der Waals surface area contributed by atoms with E-state index in [0.717, 1.165) is 5.82 Å². The summed E-state index contributed by atoms with van der Waals surface area (Å²) >= 11 is 0. The summed E-state index contributed by atoms with van der Waals surface area (Å²) in [6, 6.07) is 2.17. The van der Waals surface area contributed by atoms with Crippen molar-refractivity contribution >= 4 is 15.8 Å². The molecule has 0 unspecified atom stereocenters. The molecule has 2 rings (SSSR count). The Balaban J connectivity index is 2.22. The van der Waals surface area contributed by atoms with Gasteiger partial charge in [-0.25, -0.2) is 8.42 Å². The summed E-state index contributed by atoms with van der Waals surface area (Å²) < 4.78 is 26.1. The van der Waals surface area contributed by atoms with E-state index in [1.807, 2.05) is 4.90 Å². The second kappa shape index (κ2) is 4.83. The maximum atomic E-state index is 11.5. The van der Waals surface area contributed by atoms with Crippen LogP contribution < -0.4 is 4.90 Å². The lowest BCUT2D eigenvalue weighted by atomic mass is 10.2. The molecular weight excluding hydrogens is 266 g/mol. The van der Waals surface area contributed by atoms with Gasteiger partial charge in [-0.1, -0.05) is 0 Å². The van der Waals surface area contributed by atoms with Crippen LogP contribution in [0.1, 0.15) is 11.3 Å². The van der Waals surface area contributed by atoms with Crippen molar-refractivity contribution in [3.63, 3.8) is 0 Å². The molecule has 0 aromatic carbocycles. The first-order chi connectivity index (χ1) is 8.84. The second-order valence-electron chi connectivity index (χ2n) is 4.67. The Hall–Kier alpha value is -1.59. The molecule has 1 saturated heterocycles. The Bertz CT molecular complexity index is 620. The van der Waals surface area contributed by atoms with Gasteiger partial charge in [0.15, 0.2) is 0 Å². The average Bonchev–Trinajstić information content (AvgIpc) is 2.62. The topological polar surface area (TPSA) is 82.2 Å². The molecule has 0 saturated carbocycles. The normalized spacial score (nSPS) is 17.5. The Morgan fingerprint density at radius 2 is 1.84 bits per heavy atom. The van der Waals surface area contributed by atoms with Crippen LogP contribution in [0.15, 0.2) is 0 Å². The van der Waals surface area contributed by atoms with Crippen LogP contribution in [0.5, 0.6) is 0 Å². The van der Waals surface area contributed by atoms with E-state index in [0.29, 0.717) is 37.4 Å². The molecule has 104 valence electrons. The van der Waals surface area contributed by atoms with E-state index in [1.54, 1.807) is 18.7 Å². The van der Waals surface area contributed by atoms with Crippen LogP contribution in [0.4, 0.5) is 5.82 Å². The molecule has 7 nitrogen and oxygen atoms in total. The third-order valence-corrected chi connectivity index (χ3v) is 4.61. The Morgan fingerprint density at radius 1 is 1.26 bits per heavy atom. The average molecular weight is 283 g/mol. The first kappa shape index (κ1) is 13.8. The van der Waals surface area contributed by atoms with Crippen molar-refractivity contribution in [1.29, 1.82) is 5.26 Å². The van der Waals surface area contributed by atoms with E-state index < -0.39 is 10.0 Å². The number of hydrogen-bond acceptors (Lipinski definition) is 5. The number of nitrogens with zero attached hydrogens (tertiary/aromatic N) is 5. The van der Waals surface area contributed by atoms with Crippen LogP contribution >= 0.6 is 0 Å². The van der Waals surface area contributed by atoms with Crippen molar-refractivity contribution in [2.24, 2.45) is 7.05 Å². The highest BCUT2D eigenvalue weighted by molar-refractivity contribution is 7.88. The van der Waals surface area contributed by atoms with Gasteiger partial charge in [0.05, 0.1) is 11.9 Å². The molecule has 1 aliphatic rings. The predicted octanol–water partition coefficient (Wildman–Crippen LogP) is -0.318. The highest BCUT2D eigenvalue weighted by atomic mass is 32.2. The first-order valence-corrected chi connectivity index (χ1v) is 7.83. The summed E-state index contributed by atoms with van der Waals surface area (Å²) in [6.07, 6.45) is 1.22. The molecule has 0 radical (unpaired) electrons. The minimum Gasteiger partial charge on any atom is -0.353 e. The lowest BCUT2D eigenvalue weighted by Gasteiger charge is -2.34. The zero-order valence-corrected chi connectivity index (χ0v) is 12.1. The number of anilines is 1. The summed E-state index contributed by atoms with van der Waals surface area (Å²) in [4.78, 5) is 2.01. The molecule has 0 aliphatic carbocycles. The smallest absolute Gasteiger partial charge is 0.211 e. The largest absolute Gasteiger partial charge is 0.353 e. The predicted molar refractivity (Wildman–Crippen MR) is 71.3 cm³/mol. The molecule has 1 fully saturated rings. The lowest BCUT2D eigenvalue weighted by Crippen LogP contribution is -2.49. The van der Waals surface area contributed by atoms with Gasteiger partial charge in [-0.3, -0.25) is 4.68 Å². The second-order valence-corrected chi connectivity index (χ2v) is 6.65. The minimum absolute atomic E-state index is 0.438. The van der Waals surface area contributed by atoms with Crippen molar-refractivity contribution < 1.29 is 8.42 Å². The number of aryl methyl sites for hydroxylation is 2. The van der Waals surface area contributed by atoms with E-state index in [4.69, 9.17) is 0 Å². The number of nitriles is 1. The zero-order chi connectivity index (χ0) is 14.2. The van der Waals surface area contributed by atoms with Crippen LogP contribution in [-0.2, 0) is 17.1 Å². The standard InChI is InChI=1S/C11H17N5O2S/c1-9-10(8-12)11(14(2)13-9)15-4-6-16(7-5-15)19(3,17)18/h4-7H2,1-3H3. The van der Waals surface area contributed by atoms with Gasteiger partial charge in [0.25, 0.3) is 0 Å². The fourth-order valence-electron chi connectivity index (χ4n) is 2.37. The molecule has 8 heteroatoms. The van der Waals surface area contributed by atoms with E-state index in [9.17, 15) is 13.7 Å². The van der Waals surface area contributed by atoms with Crippen LogP contribution in [0.2, 0.25) is 0 Å². The van der Waals surface area contributed by atoms with Crippen molar-refractivity contribution in [2.75, 3.05) is 37.3 Å². The fourth-order valence-corrected chi connectivity index (χ4v) is 3.20. The van der Waals surface area contributed by atoms with Gasteiger partial charge >= 0.3 is 0 Å². The van der Waals surface area contributed by atoms with Crippen molar-refractivity contribution in [2.45, 2.75) is 6.92 Å². The van der Waals surface area contributed by atoms with Gasteiger partial charge in [0.1, 0.15) is 17.5 Å². The molecule has 1 aromatic heterocycles. The highest BCUT2D eigenvalue weighted by Gasteiger charge is 2.27. The Kier molecular flexibility index (Phi) is 3.52. The summed E-state index contributed by atoms with van der Waals surface area (Å²) in [5.41, 5.74) is 1.26. The third kappa shape index (κ3) is 2.57. The SMILES string of the molecule is Cc1nn(C)c(N2CCN(S(C)(=O)=O)CC2)c1C#N. The molecular formula is C11H17N5O2S. The molecule has 1 aliphatic heterocycles. The van der Waals surface area contributed by atoms with Crippen molar-refractivity contribution in [3.05, 3.63) is 11.3 Å². The van der Waals surface area contributed by atoms with Crippen LogP contribution in [0.25, 0.3) is 0 Å². The van der Waals surface area contributed by atoms with E-state index in [-0.39, 0.29) is 0 Å². The highest BCUT2D eigenvalue weighted by Crippen LogP contribution is 2.23. The number of aromatic nitrogens is 2. The number of sulfonamides is 1. The number of hydrogen-bond donors (Lipinski definition) is 0. The molecule has 0 spiro atoms.